The minimum absolute atomic E-state index is 0.241. The minimum Gasteiger partial charge on any atom is -0.316 e. The van der Waals surface area contributed by atoms with Crippen molar-refractivity contribution in [1.82, 2.24) is 9.55 Å². The molecule has 0 aliphatic carbocycles. The van der Waals surface area contributed by atoms with Crippen LogP contribution in [-0.2, 0) is 0 Å². The van der Waals surface area contributed by atoms with E-state index in [0.29, 0.717) is 0 Å². The first-order valence-electron chi connectivity index (χ1n) is 7.40. The van der Waals surface area contributed by atoms with Gasteiger partial charge in [0.15, 0.2) is 5.82 Å². The Labute approximate surface area is 133 Å². The highest BCUT2D eigenvalue weighted by atomic mass is 32.1. The summed E-state index contributed by atoms with van der Waals surface area (Å²) in [5, 5.41) is 2.10. The third-order valence-corrected chi connectivity index (χ3v) is 4.87. The molecule has 2 aromatic carbocycles. The maximum atomic E-state index is 4.88. The SMILES string of the molecule is CC(c1ccccc1)n1c(-c2cccs2)nc2ccccc21. The van der Waals surface area contributed by atoms with Crippen LogP contribution in [0, 0.1) is 0 Å². The van der Waals surface area contributed by atoms with Gasteiger partial charge in [0.2, 0.25) is 0 Å². The fraction of sp³-hybridized carbons (Fsp3) is 0.105. The van der Waals surface area contributed by atoms with Gasteiger partial charge in [0.25, 0.3) is 0 Å². The summed E-state index contributed by atoms with van der Waals surface area (Å²) in [5.41, 5.74) is 3.53. The topological polar surface area (TPSA) is 17.8 Å². The number of imidazole rings is 1. The van der Waals surface area contributed by atoms with Gasteiger partial charge in [-0.15, -0.1) is 11.3 Å². The van der Waals surface area contributed by atoms with Crippen molar-refractivity contribution >= 4 is 22.4 Å². The maximum absolute atomic E-state index is 4.88. The molecule has 4 aromatic rings. The first-order chi connectivity index (χ1) is 10.8. The quantitative estimate of drug-likeness (QED) is 0.497. The number of nitrogens with zero attached hydrogens (tertiary/aromatic N) is 2. The van der Waals surface area contributed by atoms with Crippen molar-refractivity contribution in [3.05, 3.63) is 77.7 Å². The molecule has 0 aliphatic heterocycles. The molecular weight excluding hydrogens is 288 g/mol. The molecule has 2 heterocycles. The van der Waals surface area contributed by atoms with Crippen molar-refractivity contribution in [3.63, 3.8) is 0 Å². The van der Waals surface area contributed by atoms with Crippen LogP contribution >= 0.6 is 11.3 Å². The number of rotatable bonds is 3. The lowest BCUT2D eigenvalue weighted by molar-refractivity contribution is 0.666. The molecule has 0 saturated heterocycles. The second kappa shape index (κ2) is 5.43. The number of thiophene rings is 1. The molecule has 1 atom stereocenters. The molecule has 1 unspecified atom stereocenters. The van der Waals surface area contributed by atoms with Gasteiger partial charge < -0.3 is 4.57 Å². The summed E-state index contributed by atoms with van der Waals surface area (Å²) in [6.45, 7) is 2.24. The molecule has 0 fully saturated rings. The van der Waals surface area contributed by atoms with Gasteiger partial charge >= 0.3 is 0 Å². The summed E-state index contributed by atoms with van der Waals surface area (Å²) in [6.07, 6.45) is 0. The average molecular weight is 304 g/mol. The molecule has 0 aliphatic rings. The van der Waals surface area contributed by atoms with Crippen LogP contribution in [0.1, 0.15) is 18.5 Å². The van der Waals surface area contributed by atoms with Crippen molar-refractivity contribution < 1.29 is 0 Å². The number of para-hydroxylation sites is 2. The molecular formula is C19H16N2S. The van der Waals surface area contributed by atoms with E-state index < -0.39 is 0 Å². The number of fused-ring (bicyclic) bond motifs is 1. The molecule has 2 nitrogen and oxygen atoms in total. The smallest absolute Gasteiger partial charge is 0.151 e. The Morgan fingerprint density at radius 1 is 0.909 bits per heavy atom. The van der Waals surface area contributed by atoms with Crippen LogP contribution in [0.3, 0.4) is 0 Å². The van der Waals surface area contributed by atoms with Crippen molar-refractivity contribution in [2.45, 2.75) is 13.0 Å². The maximum Gasteiger partial charge on any atom is 0.151 e. The molecule has 0 N–H and O–H groups in total. The molecule has 0 spiro atoms. The van der Waals surface area contributed by atoms with E-state index >= 15 is 0 Å². The first-order valence-corrected chi connectivity index (χ1v) is 8.28. The van der Waals surface area contributed by atoms with E-state index in [0.717, 1.165) is 11.3 Å². The molecule has 0 amide bonds. The van der Waals surface area contributed by atoms with Gasteiger partial charge in [0.1, 0.15) is 0 Å². The predicted octanol–water partition coefficient (Wildman–Crippen LogP) is 5.37. The number of aromatic nitrogens is 2. The van der Waals surface area contributed by atoms with Crippen LogP contribution < -0.4 is 0 Å². The average Bonchev–Trinajstić information content (AvgIpc) is 3.22. The highest BCUT2D eigenvalue weighted by Gasteiger charge is 2.18. The molecule has 4 rings (SSSR count). The Bertz CT molecular complexity index is 892. The lowest BCUT2D eigenvalue weighted by Crippen LogP contribution is -2.08. The third-order valence-electron chi connectivity index (χ3n) is 4.01. The van der Waals surface area contributed by atoms with E-state index in [9.17, 15) is 0 Å². The van der Waals surface area contributed by atoms with Crippen molar-refractivity contribution in [2.24, 2.45) is 0 Å². The van der Waals surface area contributed by atoms with Crippen LogP contribution in [-0.4, -0.2) is 9.55 Å². The van der Waals surface area contributed by atoms with Crippen LogP contribution in [0.15, 0.2) is 72.1 Å². The summed E-state index contributed by atoms with van der Waals surface area (Å²) in [5.74, 6) is 1.05. The van der Waals surface area contributed by atoms with E-state index in [1.165, 1.54) is 16.0 Å². The van der Waals surface area contributed by atoms with E-state index in [4.69, 9.17) is 4.98 Å². The Hall–Kier alpha value is -2.39. The zero-order chi connectivity index (χ0) is 14.9. The Morgan fingerprint density at radius 3 is 2.45 bits per heavy atom. The fourth-order valence-corrected chi connectivity index (χ4v) is 3.61. The minimum atomic E-state index is 0.241. The van der Waals surface area contributed by atoms with Gasteiger partial charge in [0, 0.05) is 0 Å². The van der Waals surface area contributed by atoms with E-state index in [-0.39, 0.29) is 6.04 Å². The van der Waals surface area contributed by atoms with E-state index in [1.54, 1.807) is 11.3 Å². The molecule has 0 bridgehead atoms. The van der Waals surface area contributed by atoms with Gasteiger partial charge in [-0.25, -0.2) is 4.98 Å². The molecule has 0 radical (unpaired) electrons. The zero-order valence-electron chi connectivity index (χ0n) is 12.3. The first kappa shape index (κ1) is 13.3. The molecule has 0 saturated carbocycles. The lowest BCUT2D eigenvalue weighted by Gasteiger charge is -2.17. The van der Waals surface area contributed by atoms with Gasteiger partial charge in [-0.3, -0.25) is 0 Å². The largest absolute Gasteiger partial charge is 0.316 e. The van der Waals surface area contributed by atoms with Crippen molar-refractivity contribution in [2.75, 3.05) is 0 Å². The van der Waals surface area contributed by atoms with E-state index in [2.05, 4.69) is 77.5 Å². The Kier molecular flexibility index (Phi) is 3.28. The predicted molar refractivity (Wildman–Crippen MR) is 93.3 cm³/mol. The highest BCUT2D eigenvalue weighted by Crippen LogP contribution is 2.33. The van der Waals surface area contributed by atoms with Crippen LogP contribution in [0.5, 0.6) is 0 Å². The standard InChI is InChI=1S/C19H16N2S/c1-14(15-8-3-2-4-9-15)21-17-11-6-5-10-16(17)20-19(21)18-12-7-13-22-18/h2-14H,1H3. The van der Waals surface area contributed by atoms with Crippen molar-refractivity contribution in [1.29, 1.82) is 0 Å². The lowest BCUT2D eigenvalue weighted by atomic mass is 10.1. The monoisotopic (exact) mass is 304 g/mol. The molecule has 22 heavy (non-hydrogen) atoms. The van der Waals surface area contributed by atoms with Crippen LogP contribution in [0.2, 0.25) is 0 Å². The zero-order valence-corrected chi connectivity index (χ0v) is 13.1. The van der Waals surface area contributed by atoms with Gasteiger partial charge in [-0.05, 0) is 36.1 Å². The molecule has 3 heteroatoms. The number of hydrogen-bond acceptors (Lipinski definition) is 2. The van der Waals surface area contributed by atoms with Crippen LogP contribution in [0.25, 0.3) is 21.7 Å². The summed E-state index contributed by atoms with van der Waals surface area (Å²) in [7, 11) is 0. The summed E-state index contributed by atoms with van der Waals surface area (Å²) >= 11 is 1.73. The highest BCUT2D eigenvalue weighted by molar-refractivity contribution is 7.13. The van der Waals surface area contributed by atoms with Crippen molar-refractivity contribution in [3.8, 4) is 10.7 Å². The number of benzene rings is 2. The Balaban J connectivity index is 1.97. The fourth-order valence-electron chi connectivity index (χ4n) is 2.90. The summed E-state index contributed by atoms with van der Waals surface area (Å²) in [4.78, 5) is 6.08. The Morgan fingerprint density at radius 2 is 1.68 bits per heavy atom. The molecule has 108 valence electrons. The second-order valence-electron chi connectivity index (χ2n) is 5.36. The normalized spacial score (nSPS) is 12.6. The number of hydrogen-bond donors (Lipinski definition) is 0. The third kappa shape index (κ3) is 2.14. The van der Waals surface area contributed by atoms with Gasteiger partial charge in [-0.1, -0.05) is 48.5 Å². The summed E-state index contributed by atoms with van der Waals surface area (Å²) < 4.78 is 2.34. The van der Waals surface area contributed by atoms with E-state index in [1.807, 2.05) is 6.07 Å². The second-order valence-corrected chi connectivity index (χ2v) is 6.31. The van der Waals surface area contributed by atoms with Gasteiger partial charge in [-0.2, -0.15) is 0 Å². The van der Waals surface area contributed by atoms with Gasteiger partial charge in [0.05, 0.1) is 22.0 Å². The molecule has 2 aromatic heterocycles. The van der Waals surface area contributed by atoms with Crippen LogP contribution in [0.4, 0.5) is 0 Å². The summed E-state index contributed by atoms with van der Waals surface area (Å²) in [6, 6.07) is 23.4.